The maximum absolute atomic E-state index is 13.1. The number of amides is 1. The van der Waals surface area contributed by atoms with Crippen molar-refractivity contribution in [1.29, 1.82) is 0 Å². The van der Waals surface area contributed by atoms with Crippen molar-refractivity contribution in [3.05, 3.63) is 53.4 Å². The van der Waals surface area contributed by atoms with Crippen LogP contribution in [0.4, 0.5) is 0 Å². The number of nitrogens with one attached hydrogen (secondary N) is 1. The zero-order valence-electron chi connectivity index (χ0n) is 16.3. The third-order valence-electron chi connectivity index (χ3n) is 5.28. The predicted octanol–water partition coefficient (Wildman–Crippen LogP) is 3.80. The molecule has 0 bridgehead atoms. The lowest BCUT2D eigenvalue weighted by Crippen LogP contribution is -2.55. The normalized spacial score (nSPS) is 15.6. The second-order valence-electron chi connectivity index (χ2n) is 7.64. The van der Waals surface area contributed by atoms with Crippen LogP contribution >= 0.6 is 11.3 Å². The number of ether oxygens (including phenoxy) is 1. The first-order valence-electron chi connectivity index (χ1n) is 9.59. The number of pyridine rings is 1. The van der Waals surface area contributed by atoms with Gasteiger partial charge in [-0.15, -0.1) is 11.3 Å². The van der Waals surface area contributed by atoms with Crippen LogP contribution < -0.4 is 5.32 Å². The number of benzene rings is 1. The number of aromatic nitrogens is 1. The average molecular weight is 396 g/mol. The van der Waals surface area contributed by atoms with Gasteiger partial charge in [-0.2, -0.15) is 0 Å². The first kappa shape index (κ1) is 19.1. The third-order valence-corrected chi connectivity index (χ3v) is 6.18. The molecular weight excluding hydrogens is 370 g/mol. The van der Waals surface area contributed by atoms with E-state index in [4.69, 9.17) is 9.72 Å². The van der Waals surface area contributed by atoms with Gasteiger partial charge in [0.25, 0.3) is 5.91 Å². The molecule has 1 N–H and O–H groups in total. The summed E-state index contributed by atoms with van der Waals surface area (Å²) in [7, 11) is 0. The fourth-order valence-electron chi connectivity index (χ4n) is 3.59. The highest BCUT2D eigenvalue weighted by atomic mass is 32.1. The van der Waals surface area contributed by atoms with Gasteiger partial charge in [0.2, 0.25) is 0 Å². The molecule has 1 aliphatic heterocycles. The Morgan fingerprint density at radius 3 is 2.75 bits per heavy atom. The van der Waals surface area contributed by atoms with Gasteiger partial charge in [-0.3, -0.25) is 9.69 Å². The molecule has 6 heteroatoms. The van der Waals surface area contributed by atoms with E-state index in [1.807, 2.05) is 47.8 Å². The molecule has 3 heterocycles. The number of fused-ring (bicyclic) bond motifs is 1. The Morgan fingerprint density at radius 1 is 1.21 bits per heavy atom. The summed E-state index contributed by atoms with van der Waals surface area (Å²) in [6.45, 7) is 8.19. The van der Waals surface area contributed by atoms with Crippen molar-refractivity contribution in [1.82, 2.24) is 15.2 Å². The smallest absolute Gasteiger partial charge is 0.252 e. The van der Waals surface area contributed by atoms with Crippen molar-refractivity contribution in [2.24, 2.45) is 0 Å². The highest BCUT2D eigenvalue weighted by molar-refractivity contribution is 7.13. The summed E-state index contributed by atoms with van der Waals surface area (Å²) in [5, 5.41) is 6.06. The molecule has 3 aromatic rings. The Morgan fingerprint density at radius 2 is 2.00 bits per heavy atom. The highest BCUT2D eigenvalue weighted by Gasteiger charge is 2.29. The zero-order valence-corrected chi connectivity index (χ0v) is 17.1. The van der Waals surface area contributed by atoms with Crippen molar-refractivity contribution in [2.75, 3.05) is 32.8 Å². The lowest BCUT2D eigenvalue weighted by atomic mass is 10.0. The molecule has 28 heavy (non-hydrogen) atoms. The Bertz CT molecular complexity index is 963. The van der Waals surface area contributed by atoms with E-state index in [1.54, 1.807) is 11.3 Å². The number of carbonyl (C=O) groups excluding carboxylic acids is 1. The molecule has 2 aromatic heterocycles. The topological polar surface area (TPSA) is 54.5 Å². The molecule has 1 saturated heterocycles. The van der Waals surface area contributed by atoms with Crippen LogP contribution in [-0.4, -0.2) is 54.2 Å². The Hall–Kier alpha value is -2.28. The Kier molecular flexibility index (Phi) is 5.44. The molecule has 146 valence electrons. The minimum atomic E-state index is -0.126. The number of nitrogens with zero attached hydrogens (tertiary/aromatic N) is 2. The molecule has 0 unspecified atom stereocenters. The number of hydrogen-bond acceptors (Lipinski definition) is 5. The fraction of sp³-hybridized carbons (Fsp3) is 0.364. The quantitative estimate of drug-likeness (QED) is 0.714. The van der Waals surface area contributed by atoms with Crippen LogP contribution in [-0.2, 0) is 4.74 Å². The molecule has 1 amide bonds. The van der Waals surface area contributed by atoms with Gasteiger partial charge in [0, 0.05) is 30.6 Å². The van der Waals surface area contributed by atoms with Crippen molar-refractivity contribution in [3.63, 3.8) is 0 Å². The summed E-state index contributed by atoms with van der Waals surface area (Å²) in [6, 6.07) is 13.8. The molecule has 0 radical (unpaired) electrons. The number of thiophene rings is 1. The highest BCUT2D eigenvalue weighted by Crippen LogP contribution is 2.28. The maximum Gasteiger partial charge on any atom is 0.252 e. The molecule has 0 saturated carbocycles. The first-order valence-corrected chi connectivity index (χ1v) is 10.5. The molecule has 0 spiro atoms. The van der Waals surface area contributed by atoms with E-state index in [9.17, 15) is 4.79 Å². The lowest BCUT2D eigenvalue weighted by molar-refractivity contribution is -0.00922. The minimum absolute atomic E-state index is 0.0576. The standard InChI is InChI=1S/C22H25N3O2S/c1-22(2,25-9-11-27-12-10-25)15-23-21(26)17-14-19(20-8-5-13-28-20)24-18-7-4-3-6-16(17)18/h3-8,13-14H,9-12,15H2,1-2H3,(H,23,26). The molecule has 0 aliphatic carbocycles. The van der Waals surface area contributed by atoms with Gasteiger partial charge >= 0.3 is 0 Å². The molecule has 1 aliphatic rings. The molecular formula is C22H25N3O2S. The van der Waals surface area contributed by atoms with Crippen molar-refractivity contribution >= 4 is 28.1 Å². The Labute approximate surface area is 169 Å². The zero-order chi connectivity index (χ0) is 19.6. The maximum atomic E-state index is 13.1. The number of rotatable bonds is 5. The second-order valence-corrected chi connectivity index (χ2v) is 8.59. The molecule has 4 rings (SSSR count). The van der Waals surface area contributed by atoms with E-state index < -0.39 is 0 Å². The van der Waals surface area contributed by atoms with Crippen LogP contribution in [0.3, 0.4) is 0 Å². The minimum Gasteiger partial charge on any atom is -0.379 e. The molecule has 5 nitrogen and oxygen atoms in total. The van der Waals surface area contributed by atoms with Gasteiger partial charge in [-0.25, -0.2) is 4.98 Å². The van der Waals surface area contributed by atoms with Crippen LogP contribution in [0, 0.1) is 0 Å². The largest absolute Gasteiger partial charge is 0.379 e. The summed E-state index contributed by atoms with van der Waals surface area (Å²) in [4.78, 5) is 21.3. The monoisotopic (exact) mass is 395 g/mol. The van der Waals surface area contributed by atoms with Gasteiger partial charge in [0.1, 0.15) is 0 Å². The molecule has 1 aromatic carbocycles. The van der Waals surface area contributed by atoms with E-state index in [1.165, 1.54) is 0 Å². The number of para-hydroxylation sites is 1. The number of carbonyl (C=O) groups is 1. The number of hydrogen-bond donors (Lipinski definition) is 1. The van der Waals surface area contributed by atoms with Crippen LogP contribution in [0.2, 0.25) is 0 Å². The van der Waals surface area contributed by atoms with Gasteiger partial charge < -0.3 is 10.1 Å². The number of morpholine rings is 1. The Balaban J connectivity index is 1.59. The summed E-state index contributed by atoms with van der Waals surface area (Å²) in [5.41, 5.74) is 2.22. The first-order chi connectivity index (χ1) is 13.5. The van der Waals surface area contributed by atoms with Crippen LogP contribution in [0.5, 0.6) is 0 Å². The van der Waals surface area contributed by atoms with Gasteiger partial charge in [0.05, 0.1) is 34.9 Å². The van der Waals surface area contributed by atoms with E-state index in [2.05, 4.69) is 24.1 Å². The van der Waals surface area contributed by atoms with Crippen LogP contribution in [0.15, 0.2) is 47.8 Å². The van der Waals surface area contributed by atoms with E-state index in [0.717, 1.165) is 47.8 Å². The average Bonchev–Trinajstić information content (AvgIpc) is 3.27. The summed E-state index contributed by atoms with van der Waals surface area (Å²) in [6.07, 6.45) is 0. The van der Waals surface area contributed by atoms with Gasteiger partial charge in [-0.1, -0.05) is 24.3 Å². The van der Waals surface area contributed by atoms with Crippen LogP contribution in [0.1, 0.15) is 24.2 Å². The SMILES string of the molecule is CC(C)(CNC(=O)c1cc(-c2cccs2)nc2ccccc12)N1CCOCC1. The van der Waals surface area contributed by atoms with Crippen molar-refractivity contribution in [2.45, 2.75) is 19.4 Å². The van der Waals surface area contributed by atoms with Gasteiger partial charge in [0.15, 0.2) is 0 Å². The summed E-state index contributed by atoms with van der Waals surface area (Å²) in [5.74, 6) is -0.0576. The lowest BCUT2D eigenvalue weighted by Gasteiger charge is -2.40. The summed E-state index contributed by atoms with van der Waals surface area (Å²) < 4.78 is 5.45. The summed E-state index contributed by atoms with van der Waals surface area (Å²) >= 11 is 1.63. The van der Waals surface area contributed by atoms with E-state index >= 15 is 0 Å². The fourth-order valence-corrected chi connectivity index (χ4v) is 4.27. The predicted molar refractivity (Wildman–Crippen MR) is 114 cm³/mol. The van der Waals surface area contributed by atoms with Crippen LogP contribution in [0.25, 0.3) is 21.5 Å². The third kappa shape index (κ3) is 3.94. The van der Waals surface area contributed by atoms with E-state index in [0.29, 0.717) is 12.1 Å². The van der Waals surface area contributed by atoms with Gasteiger partial charge in [-0.05, 0) is 37.4 Å². The second kappa shape index (κ2) is 7.99. The molecule has 0 atom stereocenters. The van der Waals surface area contributed by atoms with Crippen molar-refractivity contribution < 1.29 is 9.53 Å². The van der Waals surface area contributed by atoms with Crippen molar-refractivity contribution in [3.8, 4) is 10.6 Å². The van der Waals surface area contributed by atoms with E-state index in [-0.39, 0.29) is 11.4 Å². The molecule has 1 fully saturated rings.